The molecule has 26 heavy (non-hydrogen) atoms. The zero-order chi connectivity index (χ0) is 19.2. The van der Waals surface area contributed by atoms with Crippen LogP contribution in [0.2, 0.25) is 10.0 Å². The van der Waals surface area contributed by atoms with Crippen LogP contribution in [-0.4, -0.2) is 18.5 Å². The summed E-state index contributed by atoms with van der Waals surface area (Å²) in [6.45, 7) is 2.60. The van der Waals surface area contributed by atoms with Crippen molar-refractivity contribution in [3.8, 4) is 5.75 Å². The van der Waals surface area contributed by atoms with Gasteiger partial charge in [-0.25, -0.2) is 0 Å². The van der Waals surface area contributed by atoms with E-state index in [9.17, 15) is 9.59 Å². The highest BCUT2D eigenvalue weighted by molar-refractivity contribution is 6.34. The van der Waals surface area contributed by atoms with Gasteiger partial charge in [-0.3, -0.25) is 9.59 Å². The third-order valence-corrected chi connectivity index (χ3v) is 4.28. The van der Waals surface area contributed by atoms with Gasteiger partial charge in [0.05, 0.1) is 6.61 Å². The summed E-state index contributed by atoms with van der Waals surface area (Å²) in [5.41, 5.74) is 0. The molecule has 0 atom stereocenters. The van der Waals surface area contributed by atoms with Gasteiger partial charge in [0, 0.05) is 22.9 Å². The van der Waals surface area contributed by atoms with Gasteiger partial charge in [-0.05, 0) is 37.5 Å². The van der Waals surface area contributed by atoms with E-state index in [-0.39, 0.29) is 11.9 Å². The minimum atomic E-state index is -0.279. The molecular weight excluding hydrogens is 375 g/mol. The average molecular weight is 403 g/mol. The first-order valence-corrected chi connectivity index (χ1v) is 10.1. The van der Waals surface area contributed by atoms with Crippen molar-refractivity contribution in [2.75, 3.05) is 6.61 Å². The van der Waals surface area contributed by atoms with Crippen LogP contribution in [0, 0.1) is 0 Å². The second-order valence-corrected chi connectivity index (χ2v) is 7.15. The Hall–Kier alpha value is -1.26. The summed E-state index contributed by atoms with van der Waals surface area (Å²) in [6, 6.07) is 4.72. The van der Waals surface area contributed by atoms with Crippen LogP contribution in [-0.2, 0) is 14.3 Å². The number of carbonyl (C=O) groups is 2. The van der Waals surface area contributed by atoms with Gasteiger partial charge in [-0.1, -0.05) is 62.2 Å². The Morgan fingerprint density at radius 2 is 1.35 bits per heavy atom. The van der Waals surface area contributed by atoms with Gasteiger partial charge < -0.3 is 9.47 Å². The molecule has 0 spiro atoms. The van der Waals surface area contributed by atoms with Gasteiger partial charge in [0.1, 0.15) is 5.75 Å². The molecular formula is C20H28Cl2O4. The molecule has 6 heteroatoms. The molecule has 0 aromatic heterocycles. The lowest BCUT2D eigenvalue weighted by atomic mass is 10.1. The quantitative estimate of drug-likeness (QED) is 0.218. The number of rotatable bonds is 13. The highest BCUT2D eigenvalue weighted by Crippen LogP contribution is 2.24. The van der Waals surface area contributed by atoms with Crippen molar-refractivity contribution >= 4 is 35.1 Å². The smallest absolute Gasteiger partial charge is 0.311 e. The molecule has 0 saturated carbocycles. The predicted octanol–water partition coefficient (Wildman–Crippen LogP) is 6.36. The van der Waals surface area contributed by atoms with E-state index in [2.05, 4.69) is 6.92 Å². The van der Waals surface area contributed by atoms with Gasteiger partial charge in [0.25, 0.3) is 0 Å². The molecule has 1 aromatic rings. The average Bonchev–Trinajstić information content (AvgIpc) is 2.56. The molecule has 146 valence electrons. The van der Waals surface area contributed by atoms with Crippen LogP contribution in [0.4, 0.5) is 0 Å². The van der Waals surface area contributed by atoms with Crippen molar-refractivity contribution in [1.29, 1.82) is 0 Å². The van der Waals surface area contributed by atoms with Crippen molar-refractivity contribution in [2.24, 2.45) is 0 Å². The number of unbranched alkanes of at least 4 members (excludes halogenated alkanes) is 6. The number of carbonyl (C=O) groups excluding carboxylic acids is 2. The maximum Gasteiger partial charge on any atom is 0.311 e. The third-order valence-electron chi connectivity index (χ3n) is 3.84. The number of hydrogen-bond acceptors (Lipinski definition) is 4. The molecule has 0 aliphatic rings. The van der Waals surface area contributed by atoms with E-state index >= 15 is 0 Å². The number of esters is 2. The van der Waals surface area contributed by atoms with Crippen molar-refractivity contribution < 1.29 is 19.1 Å². The fraction of sp³-hybridized carbons (Fsp3) is 0.600. The van der Waals surface area contributed by atoms with Gasteiger partial charge in [-0.15, -0.1) is 0 Å². The van der Waals surface area contributed by atoms with Crippen molar-refractivity contribution in [3.05, 3.63) is 28.2 Å². The SMILES string of the molecule is CCCCOC(=O)CCCCCCCCC(=O)Oc1cc(Cl)cc(Cl)c1. The first-order valence-electron chi connectivity index (χ1n) is 9.33. The van der Waals surface area contributed by atoms with Gasteiger partial charge in [-0.2, -0.15) is 0 Å². The number of hydrogen-bond donors (Lipinski definition) is 0. The second-order valence-electron chi connectivity index (χ2n) is 6.27. The molecule has 0 heterocycles. The lowest BCUT2D eigenvalue weighted by molar-refractivity contribution is -0.144. The minimum Gasteiger partial charge on any atom is -0.466 e. The van der Waals surface area contributed by atoms with E-state index in [1.54, 1.807) is 18.2 Å². The molecule has 0 aliphatic heterocycles. The molecule has 0 aliphatic carbocycles. The number of benzene rings is 1. The summed E-state index contributed by atoms with van der Waals surface area (Å²) in [4.78, 5) is 23.2. The van der Waals surface area contributed by atoms with E-state index in [1.165, 1.54) is 0 Å². The summed E-state index contributed by atoms with van der Waals surface area (Å²) in [5.74, 6) is -0.00112. The zero-order valence-electron chi connectivity index (χ0n) is 15.4. The Labute approximate surface area is 166 Å². The van der Waals surface area contributed by atoms with Crippen molar-refractivity contribution in [2.45, 2.75) is 71.1 Å². The summed E-state index contributed by atoms with van der Waals surface area (Å²) in [6.07, 6.45) is 8.55. The lowest BCUT2D eigenvalue weighted by Gasteiger charge is -2.06. The first-order chi connectivity index (χ1) is 12.5. The van der Waals surface area contributed by atoms with Crippen LogP contribution in [0.25, 0.3) is 0 Å². The summed E-state index contributed by atoms with van der Waals surface area (Å²) < 4.78 is 10.3. The molecule has 0 saturated heterocycles. The molecule has 0 N–H and O–H groups in total. The topological polar surface area (TPSA) is 52.6 Å². The van der Waals surface area contributed by atoms with E-state index in [1.807, 2.05) is 0 Å². The van der Waals surface area contributed by atoms with E-state index in [0.29, 0.717) is 35.2 Å². The Morgan fingerprint density at radius 1 is 0.808 bits per heavy atom. The first kappa shape index (κ1) is 22.8. The van der Waals surface area contributed by atoms with E-state index in [4.69, 9.17) is 32.7 Å². The fourth-order valence-electron chi connectivity index (χ4n) is 2.42. The van der Waals surface area contributed by atoms with Crippen LogP contribution >= 0.6 is 23.2 Å². The Morgan fingerprint density at radius 3 is 1.92 bits per heavy atom. The summed E-state index contributed by atoms with van der Waals surface area (Å²) in [7, 11) is 0. The number of halogens is 2. The highest BCUT2D eigenvalue weighted by Gasteiger charge is 2.07. The monoisotopic (exact) mass is 402 g/mol. The van der Waals surface area contributed by atoms with Crippen LogP contribution < -0.4 is 4.74 Å². The largest absolute Gasteiger partial charge is 0.466 e. The maximum absolute atomic E-state index is 11.8. The highest BCUT2D eigenvalue weighted by atomic mass is 35.5. The second kappa shape index (κ2) is 13.9. The molecule has 0 bridgehead atoms. The fourth-order valence-corrected chi connectivity index (χ4v) is 2.92. The molecule has 0 fully saturated rings. The normalized spacial score (nSPS) is 10.6. The van der Waals surface area contributed by atoms with E-state index in [0.717, 1.165) is 51.4 Å². The Balaban J connectivity index is 2.00. The van der Waals surface area contributed by atoms with Gasteiger partial charge >= 0.3 is 11.9 Å². The van der Waals surface area contributed by atoms with Crippen molar-refractivity contribution in [3.63, 3.8) is 0 Å². The molecule has 1 rings (SSSR count). The van der Waals surface area contributed by atoms with Crippen LogP contribution in [0.1, 0.15) is 71.1 Å². The summed E-state index contributed by atoms with van der Waals surface area (Å²) in [5, 5.41) is 0.879. The standard InChI is InChI=1S/C20H28Cl2O4/c1-2-3-12-25-19(23)10-8-6-4-5-7-9-11-20(24)26-18-14-16(21)13-17(22)15-18/h13-15H,2-12H2,1H3. The number of ether oxygens (including phenoxy) is 2. The van der Waals surface area contributed by atoms with Gasteiger partial charge in [0.15, 0.2) is 0 Å². The van der Waals surface area contributed by atoms with E-state index < -0.39 is 0 Å². The van der Waals surface area contributed by atoms with Gasteiger partial charge in [0.2, 0.25) is 0 Å². The van der Waals surface area contributed by atoms with Crippen LogP contribution in [0.3, 0.4) is 0 Å². The predicted molar refractivity (Wildman–Crippen MR) is 105 cm³/mol. The van der Waals surface area contributed by atoms with Crippen molar-refractivity contribution in [1.82, 2.24) is 0 Å². The Bertz CT molecular complexity index is 540. The molecule has 0 unspecified atom stereocenters. The molecule has 0 radical (unpaired) electrons. The zero-order valence-corrected chi connectivity index (χ0v) is 16.9. The maximum atomic E-state index is 11.8. The summed E-state index contributed by atoms with van der Waals surface area (Å²) >= 11 is 11.7. The third kappa shape index (κ3) is 11.4. The van der Waals surface area contributed by atoms with Crippen LogP contribution in [0.15, 0.2) is 18.2 Å². The molecule has 0 amide bonds. The molecule has 1 aromatic carbocycles. The Kier molecular flexibility index (Phi) is 12.2. The van der Waals surface area contributed by atoms with Crippen LogP contribution in [0.5, 0.6) is 5.75 Å². The molecule has 4 nitrogen and oxygen atoms in total. The lowest BCUT2D eigenvalue weighted by Crippen LogP contribution is -2.07. The minimum absolute atomic E-state index is 0.0951.